The molecule has 2 atom stereocenters. The Morgan fingerprint density at radius 1 is 1.56 bits per heavy atom. The van der Waals surface area contributed by atoms with Crippen LogP contribution < -0.4 is 11.1 Å². The van der Waals surface area contributed by atoms with Crippen molar-refractivity contribution in [2.75, 3.05) is 6.54 Å². The first-order chi connectivity index (χ1) is 8.66. The van der Waals surface area contributed by atoms with E-state index in [1.54, 1.807) is 6.20 Å². The summed E-state index contributed by atoms with van der Waals surface area (Å²) < 4.78 is 0. The number of hydrogen-bond acceptors (Lipinski definition) is 3. The van der Waals surface area contributed by atoms with Gasteiger partial charge in [0.1, 0.15) is 5.69 Å². The third-order valence-corrected chi connectivity index (χ3v) is 3.60. The molecule has 2 rings (SSSR count). The van der Waals surface area contributed by atoms with Crippen LogP contribution in [0.15, 0.2) is 18.3 Å². The molecule has 0 bridgehead atoms. The minimum absolute atomic E-state index is 0.0766. The van der Waals surface area contributed by atoms with Crippen molar-refractivity contribution in [3.8, 4) is 0 Å². The molecule has 0 saturated heterocycles. The number of amides is 1. The molecule has 1 fully saturated rings. The van der Waals surface area contributed by atoms with E-state index >= 15 is 0 Å². The first-order valence-corrected chi connectivity index (χ1v) is 6.62. The van der Waals surface area contributed by atoms with Gasteiger partial charge in [-0.1, -0.05) is 12.5 Å². The summed E-state index contributed by atoms with van der Waals surface area (Å²) in [6.45, 7) is 2.61. The van der Waals surface area contributed by atoms with E-state index in [1.165, 1.54) is 6.42 Å². The topological polar surface area (TPSA) is 68.0 Å². The van der Waals surface area contributed by atoms with Crippen LogP contribution in [-0.2, 0) is 0 Å². The van der Waals surface area contributed by atoms with Crippen molar-refractivity contribution >= 4 is 5.91 Å². The van der Waals surface area contributed by atoms with Crippen molar-refractivity contribution in [3.63, 3.8) is 0 Å². The van der Waals surface area contributed by atoms with Crippen molar-refractivity contribution < 1.29 is 4.79 Å². The highest BCUT2D eigenvalue weighted by molar-refractivity contribution is 5.93. The third kappa shape index (κ3) is 3.29. The van der Waals surface area contributed by atoms with Gasteiger partial charge in [-0.3, -0.25) is 9.78 Å². The van der Waals surface area contributed by atoms with E-state index < -0.39 is 0 Å². The largest absolute Gasteiger partial charge is 0.350 e. The summed E-state index contributed by atoms with van der Waals surface area (Å²) in [6, 6.07) is 4.04. The van der Waals surface area contributed by atoms with Crippen LogP contribution in [0.4, 0.5) is 0 Å². The zero-order valence-corrected chi connectivity index (χ0v) is 10.9. The van der Waals surface area contributed by atoms with E-state index in [2.05, 4.69) is 10.3 Å². The van der Waals surface area contributed by atoms with Gasteiger partial charge in [0, 0.05) is 18.8 Å². The second-order valence-corrected chi connectivity index (χ2v) is 5.17. The molecule has 1 aromatic rings. The Labute approximate surface area is 108 Å². The molecule has 1 amide bonds. The van der Waals surface area contributed by atoms with Crippen molar-refractivity contribution in [2.24, 2.45) is 11.7 Å². The van der Waals surface area contributed by atoms with E-state index in [4.69, 9.17) is 5.73 Å². The number of carbonyl (C=O) groups is 1. The van der Waals surface area contributed by atoms with Crippen LogP contribution in [0.2, 0.25) is 0 Å². The Morgan fingerprint density at radius 3 is 3.11 bits per heavy atom. The van der Waals surface area contributed by atoms with Gasteiger partial charge in [0.05, 0.1) is 0 Å². The first-order valence-electron chi connectivity index (χ1n) is 6.62. The lowest BCUT2D eigenvalue weighted by atomic mass is 9.86. The number of rotatable bonds is 3. The molecule has 1 aliphatic rings. The molecule has 1 aromatic heterocycles. The van der Waals surface area contributed by atoms with Gasteiger partial charge in [-0.05, 0) is 43.7 Å². The average molecular weight is 247 g/mol. The Bertz CT molecular complexity index is 419. The van der Waals surface area contributed by atoms with Crippen LogP contribution in [0.1, 0.15) is 41.7 Å². The van der Waals surface area contributed by atoms with Gasteiger partial charge in [0.15, 0.2) is 0 Å². The zero-order chi connectivity index (χ0) is 13.0. The van der Waals surface area contributed by atoms with Crippen LogP contribution in [0.25, 0.3) is 0 Å². The molecule has 1 heterocycles. The lowest BCUT2D eigenvalue weighted by molar-refractivity contribution is 0.0937. The smallest absolute Gasteiger partial charge is 0.270 e. The number of hydrogen-bond donors (Lipinski definition) is 2. The predicted molar refractivity (Wildman–Crippen MR) is 71.2 cm³/mol. The highest BCUT2D eigenvalue weighted by atomic mass is 16.1. The number of nitrogens with zero attached hydrogens (tertiary/aromatic N) is 1. The van der Waals surface area contributed by atoms with Crippen molar-refractivity contribution in [3.05, 3.63) is 29.6 Å². The lowest BCUT2D eigenvalue weighted by Crippen LogP contribution is -2.36. The molecule has 18 heavy (non-hydrogen) atoms. The van der Waals surface area contributed by atoms with Gasteiger partial charge in [-0.25, -0.2) is 0 Å². The Kier molecular flexibility index (Phi) is 4.31. The number of nitrogens with one attached hydrogen (secondary N) is 1. The molecule has 0 spiro atoms. The molecule has 3 N–H and O–H groups in total. The van der Waals surface area contributed by atoms with E-state index in [0.29, 0.717) is 24.2 Å². The molecule has 2 unspecified atom stereocenters. The predicted octanol–water partition coefficient (Wildman–Crippen LogP) is 1.64. The molecular formula is C14H21N3O. The molecule has 0 aliphatic heterocycles. The van der Waals surface area contributed by atoms with E-state index in [0.717, 1.165) is 24.8 Å². The van der Waals surface area contributed by atoms with Gasteiger partial charge in [0.25, 0.3) is 5.91 Å². The van der Waals surface area contributed by atoms with Crippen LogP contribution in [0.5, 0.6) is 0 Å². The number of aromatic nitrogens is 1. The molecule has 0 aromatic carbocycles. The van der Waals surface area contributed by atoms with Gasteiger partial charge in [-0.15, -0.1) is 0 Å². The summed E-state index contributed by atoms with van der Waals surface area (Å²) in [5.74, 6) is 0.439. The SMILES string of the molecule is Cc1cccnc1C(=O)NCC1CCCC(N)C1. The van der Waals surface area contributed by atoms with Gasteiger partial charge < -0.3 is 11.1 Å². The number of carbonyl (C=O) groups excluding carboxylic acids is 1. The second kappa shape index (κ2) is 5.96. The summed E-state index contributed by atoms with van der Waals surface area (Å²) in [4.78, 5) is 16.1. The second-order valence-electron chi connectivity index (χ2n) is 5.17. The minimum Gasteiger partial charge on any atom is -0.350 e. The Morgan fingerprint density at radius 2 is 2.39 bits per heavy atom. The maximum Gasteiger partial charge on any atom is 0.270 e. The summed E-state index contributed by atoms with van der Waals surface area (Å²) >= 11 is 0. The minimum atomic E-state index is -0.0766. The molecule has 4 heteroatoms. The zero-order valence-electron chi connectivity index (χ0n) is 10.9. The maximum absolute atomic E-state index is 12.0. The standard InChI is InChI=1S/C14H21N3O/c1-10-4-3-7-16-13(10)14(18)17-9-11-5-2-6-12(15)8-11/h3-4,7,11-12H,2,5-6,8-9,15H2,1H3,(H,17,18). The fourth-order valence-electron chi connectivity index (χ4n) is 2.56. The van der Waals surface area contributed by atoms with Crippen molar-refractivity contribution in [2.45, 2.75) is 38.6 Å². The summed E-state index contributed by atoms with van der Waals surface area (Å²) in [6.07, 6.45) is 6.11. The highest BCUT2D eigenvalue weighted by Gasteiger charge is 2.20. The normalized spacial score (nSPS) is 23.7. The summed E-state index contributed by atoms with van der Waals surface area (Å²) in [5, 5.41) is 2.97. The summed E-state index contributed by atoms with van der Waals surface area (Å²) in [5.41, 5.74) is 7.38. The van der Waals surface area contributed by atoms with Crippen LogP contribution in [0.3, 0.4) is 0 Å². The van der Waals surface area contributed by atoms with Crippen LogP contribution >= 0.6 is 0 Å². The van der Waals surface area contributed by atoms with E-state index in [-0.39, 0.29) is 5.91 Å². The number of nitrogens with two attached hydrogens (primary N) is 1. The molecule has 1 aliphatic carbocycles. The molecule has 1 saturated carbocycles. The highest BCUT2D eigenvalue weighted by Crippen LogP contribution is 2.22. The monoisotopic (exact) mass is 247 g/mol. The first kappa shape index (κ1) is 13.0. The van der Waals surface area contributed by atoms with E-state index in [1.807, 2.05) is 19.1 Å². The Balaban J connectivity index is 1.87. The number of pyridine rings is 1. The van der Waals surface area contributed by atoms with E-state index in [9.17, 15) is 4.79 Å². The van der Waals surface area contributed by atoms with Crippen molar-refractivity contribution in [1.29, 1.82) is 0 Å². The fraction of sp³-hybridized carbons (Fsp3) is 0.571. The summed E-state index contributed by atoms with van der Waals surface area (Å²) in [7, 11) is 0. The molecule has 4 nitrogen and oxygen atoms in total. The Hall–Kier alpha value is -1.42. The molecule has 98 valence electrons. The van der Waals surface area contributed by atoms with Gasteiger partial charge in [0.2, 0.25) is 0 Å². The quantitative estimate of drug-likeness (QED) is 0.853. The van der Waals surface area contributed by atoms with Gasteiger partial charge >= 0.3 is 0 Å². The third-order valence-electron chi connectivity index (χ3n) is 3.60. The molecule has 0 radical (unpaired) electrons. The van der Waals surface area contributed by atoms with Crippen LogP contribution in [0, 0.1) is 12.8 Å². The van der Waals surface area contributed by atoms with Gasteiger partial charge in [-0.2, -0.15) is 0 Å². The molecular weight excluding hydrogens is 226 g/mol. The van der Waals surface area contributed by atoms with Crippen LogP contribution in [-0.4, -0.2) is 23.5 Å². The maximum atomic E-state index is 12.0. The average Bonchev–Trinajstić information content (AvgIpc) is 2.37. The van der Waals surface area contributed by atoms with Crippen molar-refractivity contribution in [1.82, 2.24) is 10.3 Å². The number of aryl methyl sites for hydroxylation is 1. The fourth-order valence-corrected chi connectivity index (χ4v) is 2.56. The lowest BCUT2D eigenvalue weighted by Gasteiger charge is -2.26.